The van der Waals surface area contributed by atoms with Gasteiger partial charge in [0.15, 0.2) is 0 Å². The molecule has 0 atom stereocenters. The minimum atomic E-state index is -0.341. The van der Waals surface area contributed by atoms with Crippen LogP contribution >= 0.6 is 15.9 Å². The van der Waals surface area contributed by atoms with E-state index in [1.807, 2.05) is 12.1 Å². The number of rotatable bonds is 3. The molecule has 0 spiro atoms. The molecule has 0 saturated heterocycles. The molecule has 0 saturated carbocycles. The fourth-order valence-electron chi connectivity index (χ4n) is 1.99. The molecule has 4 heteroatoms. The Bertz CT molecular complexity index is 665. The molecule has 0 unspecified atom stereocenters. The van der Waals surface area contributed by atoms with Crippen molar-refractivity contribution >= 4 is 27.5 Å². The van der Waals surface area contributed by atoms with Crippen LogP contribution in [0.1, 0.15) is 41.3 Å². The van der Waals surface area contributed by atoms with E-state index in [2.05, 4.69) is 35.1 Å². The lowest BCUT2D eigenvalue weighted by Crippen LogP contribution is -2.13. The van der Waals surface area contributed by atoms with Crippen LogP contribution in [0.2, 0.25) is 0 Å². The number of carbonyl (C=O) groups excluding carboxylic acids is 1. The first-order valence-electron chi connectivity index (χ1n) is 6.75. The van der Waals surface area contributed by atoms with Crippen molar-refractivity contribution in [3.05, 3.63) is 63.4 Å². The van der Waals surface area contributed by atoms with Crippen LogP contribution in [0.3, 0.4) is 0 Å². The number of aryl methyl sites for hydroxylation is 1. The fraction of sp³-hybridized carbons (Fsp3) is 0.235. The van der Waals surface area contributed by atoms with Gasteiger partial charge in [-0.1, -0.05) is 26.0 Å². The fourth-order valence-corrected chi connectivity index (χ4v) is 2.34. The van der Waals surface area contributed by atoms with Crippen LogP contribution < -0.4 is 5.32 Å². The van der Waals surface area contributed by atoms with Crippen LogP contribution in [0.15, 0.2) is 40.9 Å². The lowest BCUT2D eigenvalue weighted by molar-refractivity contribution is 0.102. The Morgan fingerprint density at radius 2 is 1.81 bits per heavy atom. The molecule has 0 aliphatic rings. The number of amides is 1. The number of benzene rings is 2. The summed E-state index contributed by atoms with van der Waals surface area (Å²) in [7, 11) is 0. The van der Waals surface area contributed by atoms with Gasteiger partial charge in [-0.2, -0.15) is 0 Å². The van der Waals surface area contributed by atoms with Gasteiger partial charge in [-0.05, 0) is 64.2 Å². The van der Waals surface area contributed by atoms with Gasteiger partial charge in [-0.3, -0.25) is 4.79 Å². The maximum Gasteiger partial charge on any atom is 0.255 e. The maximum atomic E-state index is 13.4. The smallest absolute Gasteiger partial charge is 0.255 e. The average Bonchev–Trinajstić information content (AvgIpc) is 2.44. The summed E-state index contributed by atoms with van der Waals surface area (Å²) in [5.41, 5.74) is 3.05. The van der Waals surface area contributed by atoms with E-state index in [4.69, 9.17) is 0 Å². The molecule has 0 bridgehead atoms. The molecule has 110 valence electrons. The summed E-state index contributed by atoms with van der Waals surface area (Å²) in [5, 5.41) is 2.81. The normalized spacial score (nSPS) is 10.8. The van der Waals surface area contributed by atoms with Gasteiger partial charge in [-0.25, -0.2) is 4.39 Å². The Balaban J connectivity index is 2.20. The third kappa shape index (κ3) is 3.70. The zero-order valence-electron chi connectivity index (χ0n) is 12.2. The van der Waals surface area contributed by atoms with Gasteiger partial charge in [-0.15, -0.1) is 0 Å². The summed E-state index contributed by atoms with van der Waals surface area (Å²) < 4.78 is 13.7. The van der Waals surface area contributed by atoms with Gasteiger partial charge in [0, 0.05) is 11.3 Å². The summed E-state index contributed by atoms with van der Waals surface area (Å²) >= 11 is 3.13. The highest BCUT2D eigenvalue weighted by Crippen LogP contribution is 2.25. The molecular formula is C17H17BrFNO. The van der Waals surface area contributed by atoms with E-state index < -0.39 is 0 Å². The highest BCUT2D eigenvalue weighted by Gasteiger charge is 2.11. The third-order valence-corrected chi connectivity index (χ3v) is 3.96. The summed E-state index contributed by atoms with van der Waals surface area (Å²) in [4.78, 5) is 12.2. The molecule has 2 aromatic carbocycles. The number of carbonyl (C=O) groups is 1. The predicted octanol–water partition coefficient (Wildman–Crippen LogP) is 5.27. The van der Waals surface area contributed by atoms with Crippen molar-refractivity contribution in [2.24, 2.45) is 0 Å². The molecule has 2 nitrogen and oxygen atoms in total. The number of hydrogen-bond acceptors (Lipinski definition) is 1. The highest BCUT2D eigenvalue weighted by molar-refractivity contribution is 9.10. The van der Waals surface area contributed by atoms with Gasteiger partial charge >= 0.3 is 0 Å². The van der Waals surface area contributed by atoms with Crippen LogP contribution in [0.5, 0.6) is 0 Å². The van der Waals surface area contributed by atoms with Crippen LogP contribution in [0.25, 0.3) is 0 Å². The molecule has 2 aromatic rings. The highest BCUT2D eigenvalue weighted by atomic mass is 79.9. The molecule has 0 aliphatic carbocycles. The molecule has 1 N–H and O–H groups in total. The molecule has 0 fully saturated rings. The SMILES string of the molecule is Cc1cc(F)c(Br)cc1NC(=O)c1ccc(C(C)C)cc1. The second-order valence-corrected chi connectivity index (χ2v) is 6.17. The number of anilines is 1. The van der Waals surface area contributed by atoms with Crippen molar-refractivity contribution in [2.45, 2.75) is 26.7 Å². The Labute approximate surface area is 132 Å². The Hall–Kier alpha value is -1.68. The zero-order chi connectivity index (χ0) is 15.6. The van der Waals surface area contributed by atoms with Crippen molar-refractivity contribution in [1.29, 1.82) is 0 Å². The Morgan fingerprint density at radius 1 is 1.19 bits per heavy atom. The van der Waals surface area contributed by atoms with E-state index in [0.29, 0.717) is 27.2 Å². The Kier molecular flexibility index (Phi) is 4.78. The quantitative estimate of drug-likeness (QED) is 0.803. The van der Waals surface area contributed by atoms with Crippen molar-refractivity contribution in [3.63, 3.8) is 0 Å². The van der Waals surface area contributed by atoms with Gasteiger partial charge < -0.3 is 5.32 Å². The zero-order valence-corrected chi connectivity index (χ0v) is 13.8. The van der Waals surface area contributed by atoms with E-state index in [9.17, 15) is 9.18 Å². The molecule has 0 heterocycles. The van der Waals surface area contributed by atoms with E-state index in [0.717, 1.165) is 0 Å². The van der Waals surface area contributed by atoms with Gasteiger partial charge in [0.1, 0.15) is 5.82 Å². The molecule has 21 heavy (non-hydrogen) atoms. The summed E-state index contributed by atoms with van der Waals surface area (Å²) in [6.45, 7) is 5.97. The first kappa shape index (κ1) is 15.7. The molecule has 0 aromatic heterocycles. The molecule has 0 aliphatic heterocycles. The Morgan fingerprint density at radius 3 is 2.38 bits per heavy atom. The average molecular weight is 350 g/mol. The van der Waals surface area contributed by atoms with Crippen LogP contribution in [0.4, 0.5) is 10.1 Å². The second-order valence-electron chi connectivity index (χ2n) is 5.31. The van der Waals surface area contributed by atoms with E-state index in [1.54, 1.807) is 25.1 Å². The van der Waals surface area contributed by atoms with Crippen LogP contribution in [-0.4, -0.2) is 5.91 Å². The van der Waals surface area contributed by atoms with Crippen molar-refractivity contribution < 1.29 is 9.18 Å². The minimum Gasteiger partial charge on any atom is -0.322 e. The number of halogens is 2. The van der Waals surface area contributed by atoms with E-state index in [-0.39, 0.29) is 11.7 Å². The second kappa shape index (κ2) is 6.39. The predicted molar refractivity (Wildman–Crippen MR) is 87.3 cm³/mol. The first-order valence-corrected chi connectivity index (χ1v) is 7.54. The number of hydrogen-bond donors (Lipinski definition) is 1. The van der Waals surface area contributed by atoms with Crippen molar-refractivity contribution in [2.75, 3.05) is 5.32 Å². The topological polar surface area (TPSA) is 29.1 Å². The van der Waals surface area contributed by atoms with Gasteiger partial charge in [0.25, 0.3) is 5.91 Å². The number of nitrogens with one attached hydrogen (secondary N) is 1. The lowest BCUT2D eigenvalue weighted by atomic mass is 10.0. The van der Waals surface area contributed by atoms with E-state index in [1.165, 1.54) is 11.6 Å². The molecule has 2 rings (SSSR count). The maximum absolute atomic E-state index is 13.4. The molecule has 0 radical (unpaired) electrons. The molecular weight excluding hydrogens is 333 g/mol. The van der Waals surface area contributed by atoms with Gasteiger partial charge in [0.2, 0.25) is 0 Å². The summed E-state index contributed by atoms with van der Waals surface area (Å²) in [6, 6.07) is 10.5. The largest absolute Gasteiger partial charge is 0.322 e. The first-order chi connectivity index (χ1) is 9.88. The lowest BCUT2D eigenvalue weighted by Gasteiger charge is -2.11. The minimum absolute atomic E-state index is 0.202. The third-order valence-electron chi connectivity index (χ3n) is 3.36. The summed E-state index contributed by atoms with van der Waals surface area (Å²) in [5.74, 6) is -0.115. The summed E-state index contributed by atoms with van der Waals surface area (Å²) in [6.07, 6.45) is 0. The van der Waals surface area contributed by atoms with E-state index >= 15 is 0 Å². The van der Waals surface area contributed by atoms with Gasteiger partial charge in [0.05, 0.1) is 4.47 Å². The van der Waals surface area contributed by atoms with Crippen LogP contribution in [0, 0.1) is 12.7 Å². The molecule has 1 amide bonds. The standard InChI is InChI=1S/C17H17BrFNO/c1-10(2)12-4-6-13(7-5-12)17(21)20-16-9-14(18)15(19)8-11(16)3/h4-10H,1-3H3,(H,20,21). The van der Waals surface area contributed by atoms with Crippen LogP contribution in [-0.2, 0) is 0 Å². The van der Waals surface area contributed by atoms with Crippen molar-refractivity contribution in [3.8, 4) is 0 Å². The monoisotopic (exact) mass is 349 g/mol. The van der Waals surface area contributed by atoms with Crippen molar-refractivity contribution in [1.82, 2.24) is 0 Å².